The van der Waals surface area contributed by atoms with Crippen molar-refractivity contribution in [2.45, 2.75) is 6.92 Å². The molecule has 0 saturated carbocycles. The number of hydrogen-bond donors (Lipinski definition) is 1. The van der Waals surface area contributed by atoms with Crippen molar-refractivity contribution in [3.63, 3.8) is 0 Å². The molecule has 0 aliphatic carbocycles. The normalized spacial score (nSPS) is 10.7. The van der Waals surface area contributed by atoms with Crippen LogP contribution in [0.5, 0.6) is 5.75 Å². The van der Waals surface area contributed by atoms with Gasteiger partial charge in [-0.25, -0.2) is 0 Å². The summed E-state index contributed by atoms with van der Waals surface area (Å²) < 4.78 is 5.91. The first-order chi connectivity index (χ1) is 12.8. The predicted octanol–water partition coefficient (Wildman–Crippen LogP) is 5.62. The summed E-state index contributed by atoms with van der Waals surface area (Å²) in [6.07, 6.45) is 6.60. The van der Waals surface area contributed by atoms with E-state index in [-0.39, 0.29) is 12.2 Å². The van der Waals surface area contributed by atoms with Gasteiger partial charge in [0, 0.05) is 10.7 Å². The average molecular weight is 464 g/mol. The van der Waals surface area contributed by atoms with E-state index in [0.717, 1.165) is 5.56 Å². The largest absolute Gasteiger partial charge is 0.478 e. The van der Waals surface area contributed by atoms with Crippen molar-refractivity contribution in [3.05, 3.63) is 61.5 Å². The van der Waals surface area contributed by atoms with Crippen LogP contribution < -0.4 is 10.1 Å². The Hall–Kier alpha value is -2.44. The second-order valence-corrected chi connectivity index (χ2v) is 7.06. The lowest BCUT2D eigenvalue weighted by atomic mass is 10.1. The number of nitrogens with zero attached hydrogens (tertiary/aromatic N) is 1. The number of terminal acetylenes is 1. The van der Waals surface area contributed by atoms with Crippen molar-refractivity contribution in [2.24, 2.45) is 0 Å². The number of aryl methyl sites for hydroxylation is 1. The van der Waals surface area contributed by atoms with Crippen LogP contribution in [0.15, 0.2) is 40.4 Å². The van der Waals surface area contributed by atoms with E-state index < -0.39 is 5.91 Å². The third-order valence-electron chi connectivity index (χ3n) is 3.43. The molecule has 0 aliphatic rings. The number of carbonyl (C=O) groups excluding carboxylic acids is 1. The van der Waals surface area contributed by atoms with E-state index in [9.17, 15) is 10.1 Å². The second kappa shape index (κ2) is 9.48. The van der Waals surface area contributed by atoms with Gasteiger partial charge in [0.05, 0.1) is 9.50 Å². The number of halogens is 3. The number of nitrogens with one attached hydrogen (secondary N) is 1. The van der Waals surface area contributed by atoms with Gasteiger partial charge in [-0.15, -0.1) is 6.42 Å². The lowest BCUT2D eigenvalue weighted by molar-refractivity contribution is -0.112. The van der Waals surface area contributed by atoms with Crippen LogP contribution in [0.4, 0.5) is 5.69 Å². The topological polar surface area (TPSA) is 62.1 Å². The molecule has 1 N–H and O–H groups in total. The fraction of sp³-hybridized carbons (Fsp3) is 0.100. The molecule has 2 aromatic carbocycles. The molecule has 7 heteroatoms. The summed E-state index contributed by atoms with van der Waals surface area (Å²) in [4.78, 5) is 12.4. The first kappa shape index (κ1) is 20.9. The summed E-state index contributed by atoms with van der Waals surface area (Å²) in [5.41, 5.74) is 1.84. The maximum absolute atomic E-state index is 12.4. The molecular weight excluding hydrogens is 451 g/mol. The van der Waals surface area contributed by atoms with Gasteiger partial charge in [-0.2, -0.15) is 5.26 Å². The van der Waals surface area contributed by atoms with Crippen LogP contribution in [0.3, 0.4) is 0 Å². The first-order valence-electron chi connectivity index (χ1n) is 7.60. The van der Waals surface area contributed by atoms with Crippen LogP contribution in [0, 0.1) is 30.6 Å². The summed E-state index contributed by atoms with van der Waals surface area (Å²) >= 11 is 15.6. The smallest absolute Gasteiger partial charge is 0.266 e. The second-order valence-electron chi connectivity index (χ2n) is 5.39. The van der Waals surface area contributed by atoms with E-state index in [0.29, 0.717) is 31.5 Å². The molecule has 1 amide bonds. The highest BCUT2D eigenvalue weighted by Crippen LogP contribution is 2.35. The minimum absolute atomic E-state index is 0.0679. The van der Waals surface area contributed by atoms with E-state index in [4.69, 9.17) is 34.4 Å². The van der Waals surface area contributed by atoms with Gasteiger partial charge in [-0.3, -0.25) is 4.79 Å². The Morgan fingerprint density at radius 2 is 2.07 bits per heavy atom. The molecule has 0 atom stereocenters. The minimum Gasteiger partial charge on any atom is -0.478 e. The minimum atomic E-state index is -0.558. The molecule has 0 radical (unpaired) electrons. The zero-order valence-electron chi connectivity index (χ0n) is 14.1. The number of benzene rings is 2. The number of hydrogen-bond acceptors (Lipinski definition) is 3. The molecule has 2 aromatic rings. The highest BCUT2D eigenvalue weighted by atomic mass is 79.9. The lowest BCUT2D eigenvalue weighted by Crippen LogP contribution is -2.13. The number of ether oxygens (including phenoxy) is 1. The number of amides is 1. The van der Waals surface area contributed by atoms with Crippen molar-refractivity contribution in [1.29, 1.82) is 5.26 Å². The van der Waals surface area contributed by atoms with E-state index >= 15 is 0 Å². The summed E-state index contributed by atoms with van der Waals surface area (Å²) in [6.45, 7) is 1.92. The van der Waals surface area contributed by atoms with Crippen LogP contribution >= 0.6 is 39.1 Å². The third kappa shape index (κ3) is 5.52. The fourth-order valence-corrected chi connectivity index (χ4v) is 3.27. The molecule has 0 fully saturated rings. The number of rotatable bonds is 5. The van der Waals surface area contributed by atoms with E-state index in [2.05, 4.69) is 27.2 Å². The zero-order valence-corrected chi connectivity index (χ0v) is 17.2. The Balaban J connectivity index is 2.27. The molecule has 27 heavy (non-hydrogen) atoms. The van der Waals surface area contributed by atoms with Crippen molar-refractivity contribution in [1.82, 2.24) is 0 Å². The van der Waals surface area contributed by atoms with Crippen LogP contribution in [-0.2, 0) is 4.79 Å². The molecule has 0 aliphatic heterocycles. The summed E-state index contributed by atoms with van der Waals surface area (Å²) in [7, 11) is 0. The fourth-order valence-electron chi connectivity index (χ4n) is 2.10. The molecule has 0 saturated heterocycles. The number of nitriles is 1. The molecule has 136 valence electrons. The maximum atomic E-state index is 12.4. The summed E-state index contributed by atoms with van der Waals surface area (Å²) in [5.74, 6) is 2.19. The Kier molecular flexibility index (Phi) is 7.33. The Morgan fingerprint density at radius 3 is 2.67 bits per heavy atom. The van der Waals surface area contributed by atoms with Crippen molar-refractivity contribution >= 4 is 56.8 Å². The maximum Gasteiger partial charge on any atom is 0.266 e. The van der Waals surface area contributed by atoms with Crippen LogP contribution in [0.25, 0.3) is 6.08 Å². The van der Waals surface area contributed by atoms with Gasteiger partial charge < -0.3 is 10.1 Å². The third-order valence-corrected chi connectivity index (χ3v) is 4.70. The van der Waals surface area contributed by atoms with E-state index in [1.807, 2.05) is 13.0 Å². The average Bonchev–Trinajstić information content (AvgIpc) is 2.62. The van der Waals surface area contributed by atoms with Gasteiger partial charge in [0.1, 0.15) is 18.2 Å². The Bertz CT molecular complexity index is 981. The van der Waals surface area contributed by atoms with Crippen LogP contribution in [0.1, 0.15) is 11.1 Å². The van der Waals surface area contributed by atoms with Gasteiger partial charge in [0.15, 0.2) is 5.75 Å². The van der Waals surface area contributed by atoms with Gasteiger partial charge in [0.2, 0.25) is 0 Å². The molecule has 0 heterocycles. The summed E-state index contributed by atoms with van der Waals surface area (Å²) in [5, 5.41) is 12.8. The van der Waals surface area contributed by atoms with Gasteiger partial charge in [0.25, 0.3) is 5.91 Å². The highest BCUT2D eigenvalue weighted by molar-refractivity contribution is 9.10. The zero-order chi connectivity index (χ0) is 20.0. The standard InChI is InChI=1S/C20H13BrCl2N2O2/c1-3-6-27-19-16(21)8-13(9-18(19)23)7-14(11-24)20(26)25-15-5-4-12(2)17(22)10-15/h1,4-5,7-10H,6H2,2H3,(H,25,26)/b14-7-. The molecule has 0 unspecified atom stereocenters. The van der Waals surface area contributed by atoms with Crippen molar-refractivity contribution < 1.29 is 9.53 Å². The molecule has 0 aromatic heterocycles. The Morgan fingerprint density at radius 1 is 1.33 bits per heavy atom. The quantitative estimate of drug-likeness (QED) is 0.355. The highest BCUT2D eigenvalue weighted by Gasteiger charge is 2.13. The number of carbonyl (C=O) groups is 1. The molecule has 4 nitrogen and oxygen atoms in total. The number of anilines is 1. The molecule has 0 bridgehead atoms. The van der Waals surface area contributed by atoms with Gasteiger partial charge in [-0.05, 0) is 64.3 Å². The van der Waals surface area contributed by atoms with Crippen molar-refractivity contribution in [2.75, 3.05) is 11.9 Å². The molecule has 0 spiro atoms. The molecular formula is C20H13BrCl2N2O2. The lowest BCUT2D eigenvalue weighted by Gasteiger charge is -2.09. The van der Waals surface area contributed by atoms with Crippen LogP contribution in [0.2, 0.25) is 10.0 Å². The SMILES string of the molecule is C#CCOc1c(Cl)cc(/C=C(/C#N)C(=O)Nc2ccc(C)c(Cl)c2)cc1Br. The molecule has 2 rings (SSSR count). The van der Waals surface area contributed by atoms with E-state index in [1.54, 1.807) is 30.3 Å². The van der Waals surface area contributed by atoms with Crippen LogP contribution in [-0.4, -0.2) is 12.5 Å². The van der Waals surface area contributed by atoms with Crippen molar-refractivity contribution in [3.8, 4) is 24.2 Å². The summed E-state index contributed by atoms with van der Waals surface area (Å²) in [6, 6.07) is 10.2. The predicted molar refractivity (Wildman–Crippen MR) is 112 cm³/mol. The van der Waals surface area contributed by atoms with Gasteiger partial charge in [-0.1, -0.05) is 35.2 Å². The Labute approximate surface area is 175 Å². The first-order valence-corrected chi connectivity index (χ1v) is 9.15. The monoisotopic (exact) mass is 462 g/mol. The van der Waals surface area contributed by atoms with Gasteiger partial charge >= 0.3 is 0 Å². The van der Waals surface area contributed by atoms with E-state index in [1.165, 1.54) is 6.08 Å².